The Balaban J connectivity index is 1.88. The van der Waals surface area contributed by atoms with Crippen LogP contribution < -0.4 is 21.5 Å². The molecule has 23 heavy (non-hydrogen) atoms. The zero-order valence-electron chi connectivity index (χ0n) is 11.8. The van der Waals surface area contributed by atoms with E-state index >= 15 is 0 Å². The van der Waals surface area contributed by atoms with Gasteiger partial charge in [0, 0.05) is 5.69 Å². The minimum Gasteiger partial charge on any atom is -0.506 e. The maximum Gasteiger partial charge on any atom is 0.253 e. The molecule has 0 saturated heterocycles. The van der Waals surface area contributed by atoms with Crippen molar-refractivity contribution in [2.75, 3.05) is 10.6 Å². The molecule has 0 aliphatic heterocycles. The summed E-state index contributed by atoms with van der Waals surface area (Å²) in [6.45, 7) is 0. The fourth-order valence-corrected chi connectivity index (χ4v) is 2.12. The van der Waals surface area contributed by atoms with Crippen LogP contribution in [0, 0.1) is 11.3 Å². The lowest BCUT2D eigenvalue weighted by atomic mass is 10.1. The number of nitrogens with one attached hydrogen (secondary N) is 2. The van der Waals surface area contributed by atoms with Gasteiger partial charge in [-0.1, -0.05) is 12.1 Å². The van der Waals surface area contributed by atoms with Crippen LogP contribution in [-0.4, -0.2) is 5.11 Å². The van der Waals surface area contributed by atoms with Crippen LogP contribution in [0.1, 0.15) is 5.56 Å². The summed E-state index contributed by atoms with van der Waals surface area (Å²) < 4.78 is 0. The number of hydrogen-bond acceptors (Lipinski definition) is 6. The molecule has 0 fully saturated rings. The third-order valence-electron chi connectivity index (χ3n) is 3.36. The molecular formula is C17H11N3O3. The first-order valence-electron chi connectivity index (χ1n) is 6.75. The molecule has 6 heteroatoms. The van der Waals surface area contributed by atoms with E-state index in [9.17, 15) is 14.7 Å². The van der Waals surface area contributed by atoms with E-state index in [1.165, 1.54) is 6.07 Å². The van der Waals surface area contributed by atoms with Crippen LogP contribution in [0.25, 0.3) is 0 Å². The first kappa shape index (κ1) is 14.4. The minimum absolute atomic E-state index is 0.0233. The minimum atomic E-state index is -0.649. The van der Waals surface area contributed by atoms with Gasteiger partial charge in [0.25, 0.3) is 10.9 Å². The van der Waals surface area contributed by atoms with Crippen molar-refractivity contribution >= 4 is 22.7 Å². The number of rotatable bonds is 4. The van der Waals surface area contributed by atoms with Crippen LogP contribution in [-0.2, 0) is 0 Å². The van der Waals surface area contributed by atoms with E-state index < -0.39 is 10.9 Å². The summed E-state index contributed by atoms with van der Waals surface area (Å²) in [6.07, 6.45) is 0. The van der Waals surface area contributed by atoms with Gasteiger partial charge in [-0.3, -0.25) is 9.59 Å². The Kier molecular flexibility index (Phi) is 3.53. The highest BCUT2D eigenvalue weighted by atomic mass is 16.3. The van der Waals surface area contributed by atoms with Gasteiger partial charge in [-0.25, -0.2) is 0 Å². The summed E-state index contributed by atoms with van der Waals surface area (Å²) in [5.41, 5.74) is 0.354. The molecule has 0 aliphatic carbocycles. The van der Waals surface area contributed by atoms with E-state index in [1.54, 1.807) is 42.5 Å². The van der Waals surface area contributed by atoms with Gasteiger partial charge in [-0.05, 0) is 36.4 Å². The van der Waals surface area contributed by atoms with E-state index in [-0.39, 0.29) is 17.1 Å². The predicted octanol–water partition coefficient (Wildman–Crippen LogP) is 2.35. The number of nitriles is 1. The maximum absolute atomic E-state index is 11.7. The number of para-hydroxylation sites is 2. The van der Waals surface area contributed by atoms with Gasteiger partial charge in [-0.2, -0.15) is 5.26 Å². The molecule has 112 valence electrons. The SMILES string of the molecule is N#Cc1ccc(Nc2c(Nc3ccccc3O)c(=O)c2=O)cc1. The molecule has 0 aromatic heterocycles. The van der Waals surface area contributed by atoms with Crippen molar-refractivity contribution in [1.82, 2.24) is 0 Å². The summed E-state index contributed by atoms with van der Waals surface area (Å²) in [6, 6.07) is 14.9. The van der Waals surface area contributed by atoms with Crippen molar-refractivity contribution in [3.8, 4) is 11.8 Å². The average Bonchev–Trinajstić information content (AvgIpc) is 2.59. The molecular weight excluding hydrogens is 294 g/mol. The molecule has 0 spiro atoms. The molecule has 0 atom stereocenters. The molecule has 0 heterocycles. The van der Waals surface area contributed by atoms with Crippen molar-refractivity contribution in [2.45, 2.75) is 0 Å². The van der Waals surface area contributed by atoms with Crippen LogP contribution in [0.15, 0.2) is 58.1 Å². The van der Waals surface area contributed by atoms with Gasteiger partial charge in [0.1, 0.15) is 17.1 Å². The van der Waals surface area contributed by atoms with E-state index in [4.69, 9.17) is 5.26 Å². The number of hydrogen-bond donors (Lipinski definition) is 3. The number of phenols is 1. The van der Waals surface area contributed by atoms with Crippen LogP contribution in [0.4, 0.5) is 22.7 Å². The molecule has 0 amide bonds. The van der Waals surface area contributed by atoms with E-state index in [2.05, 4.69) is 10.6 Å². The highest BCUT2D eigenvalue weighted by Gasteiger charge is 2.21. The van der Waals surface area contributed by atoms with Crippen molar-refractivity contribution in [3.63, 3.8) is 0 Å². The number of phenolic OH excluding ortho intramolecular Hbond substituents is 1. The van der Waals surface area contributed by atoms with Gasteiger partial charge >= 0.3 is 0 Å². The lowest BCUT2D eigenvalue weighted by Gasteiger charge is -2.15. The first-order valence-corrected chi connectivity index (χ1v) is 6.75. The Labute approximate surface area is 130 Å². The Morgan fingerprint density at radius 1 is 0.870 bits per heavy atom. The Bertz CT molecular complexity index is 978. The maximum atomic E-state index is 11.7. The molecule has 6 nitrogen and oxygen atoms in total. The van der Waals surface area contributed by atoms with Gasteiger partial charge in [0.15, 0.2) is 0 Å². The Hall–Kier alpha value is -3.59. The highest BCUT2D eigenvalue weighted by Crippen LogP contribution is 2.29. The third kappa shape index (κ3) is 2.63. The monoisotopic (exact) mass is 305 g/mol. The Morgan fingerprint density at radius 2 is 1.48 bits per heavy atom. The number of aromatic hydroxyl groups is 1. The topological polar surface area (TPSA) is 102 Å². The molecule has 0 radical (unpaired) electrons. The zero-order valence-corrected chi connectivity index (χ0v) is 11.8. The quantitative estimate of drug-likeness (QED) is 0.505. The average molecular weight is 305 g/mol. The van der Waals surface area contributed by atoms with Crippen molar-refractivity contribution in [3.05, 3.63) is 74.5 Å². The van der Waals surface area contributed by atoms with Crippen molar-refractivity contribution < 1.29 is 5.11 Å². The van der Waals surface area contributed by atoms with Crippen LogP contribution in [0.3, 0.4) is 0 Å². The molecule has 3 rings (SSSR count). The first-order chi connectivity index (χ1) is 11.1. The summed E-state index contributed by atoms with van der Waals surface area (Å²) in [5, 5.41) is 24.1. The standard InChI is InChI=1S/C17H11N3O3/c18-9-10-5-7-11(8-6-10)19-14-15(17(23)16(14)22)20-12-3-1-2-4-13(12)21/h1-8,19-21H. The summed E-state index contributed by atoms with van der Waals surface area (Å²) >= 11 is 0. The van der Waals surface area contributed by atoms with Gasteiger partial charge in [0.05, 0.1) is 17.3 Å². The number of benzene rings is 2. The second kappa shape index (κ2) is 5.66. The van der Waals surface area contributed by atoms with Crippen LogP contribution >= 0.6 is 0 Å². The highest BCUT2D eigenvalue weighted by molar-refractivity contribution is 5.83. The molecule has 0 aliphatic rings. The molecule has 3 N–H and O–H groups in total. The number of nitrogens with zero attached hydrogens (tertiary/aromatic N) is 1. The van der Waals surface area contributed by atoms with E-state index in [1.807, 2.05) is 6.07 Å². The van der Waals surface area contributed by atoms with Gasteiger partial charge < -0.3 is 15.7 Å². The van der Waals surface area contributed by atoms with Crippen LogP contribution in [0.2, 0.25) is 0 Å². The van der Waals surface area contributed by atoms with Gasteiger partial charge in [0.2, 0.25) is 0 Å². The van der Waals surface area contributed by atoms with Gasteiger partial charge in [-0.15, -0.1) is 0 Å². The molecule has 3 aromatic carbocycles. The van der Waals surface area contributed by atoms with Crippen molar-refractivity contribution in [1.29, 1.82) is 5.26 Å². The predicted molar refractivity (Wildman–Crippen MR) is 87.2 cm³/mol. The van der Waals surface area contributed by atoms with E-state index in [0.717, 1.165) is 0 Å². The Morgan fingerprint density at radius 3 is 2.09 bits per heavy atom. The largest absolute Gasteiger partial charge is 0.506 e. The molecule has 0 bridgehead atoms. The molecule has 3 aromatic rings. The number of anilines is 4. The molecule has 0 unspecified atom stereocenters. The molecule has 0 saturated carbocycles. The fourth-order valence-electron chi connectivity index (χ4n) is 2.12. The second-order valence-electron chi connectivity index (χ2n) is 4.86. The summed E-state index contributed by atoms with van der Waals surface area (Å²) in [4.78, 5) is 23.5. The fraction of sp³-hybridized carbons (Fsp3) is 0. The lowest BCUT2D eigenvalue weighted by molar-refractivity contribution is 0.478. The normalized spacial score (nSPS) is 10.2. The van der Waals surface area contributed by atoms with Crippen LogP contribution in [0.5, 0.6) is 5.75 Å². The zero-order chi connectivity index (χ0) is 16.4. The summed E-state index contributed by atoms with van der Waals surface area (Å²) in [7, 11) is 0. The summed E-state index contributed by atoms with van der Waals surface area (Å²) in [5.74, 6) is -0.0233. The smallest absolute Gasteiger partial charge is 0.253 e. The van der Waals surface area contributed by atoms with E-state index in [0.29, 0.717) is 16.9 Å². The second-order valence-corrected chi connectivity index (χ2v) is 4.86. The third-order valence-corrected chi connectivity index (χ3v) is 3.36. The van der Waals surface area contributed by atoms with Crippen molar-refractivity contribution in [2.24, 2.45) is 0 Å². The lowest BCUT2D eigenvalue weighted by Crippen LogP contribution is -2.35.